The van der Waals surface area contributed by atoms with Crippen LogP contribution in [0.2, 0.25) is 10.0 Å². The second kappa shape index (κ2) is 12.2. The molecule has 1 aromatic heterocycles. The van der Waals surface area contributed by atoms with Crippen molar-refractivity contribution in [1.29, 1.82) is 0 Å². The van der Waals surface area contributed by atoms with Crippen molar-refractivity contribution in [2.75, 3.05) is 0 Å². The molecule has 0 saturated heterocycles. The topological polar surface area (TPSA) is 76.3 Å². The fraction of sp³-hybridized carbons (Fsp3) is 0.111. The largest absolute Gasteiger partial charge is 0.480 e. The minimum Gasteiger partial charge on any atom is -0.480 e. The van der Waals surface area contributed by atoms with Crippen molar-refractivity contribution in [3.63, 3.8) is 0 Å². The number of carboxylic acid groups (broad SMARTS) is 1. The standard InChI is InChI=1S/C36H29Cl2N3O3/c1-40-32-22-29(37)30(38)23-33(32)41(35(40)44)28-19-17-24(18-20-28)21-31(34(42)43)39-36(25-11-5-2-6-12-25,26-13-7-3-8-14-26)27-15-9-4-10-16-27/h2-20,22-23,31,39H,21H2,1H3,(H,42,43). The molecule has 0 radical (unpaired) electrons. The quantitative estimate of drug-likeness (QED) is 0.167. The highest BCUT2D eigenvalue weighted by molar-refractivity contribution is 6.42. The Balaban J connectivity index is 1.40. The summed E-state index contributed by atoms with van der Waals surface area (Å²) in [5.41, 5.74) is 4.30. The van der Waals surface area contributed by atoms with Crippen molar-refractivity contribution in [1.82, 2.24) is 14.5 Å². The Morgan fingerprint density at radius 1 is 0.750 bits per heavy atom. The van der Waals surface area contributed by atoms with Crippen LogP contribution in [0.5, 0.6) is 0 Å². The maximum atomic E-state index is 13.2. The van der Waals surface area contributed by atoms with Crippen molar-refractivity contribution in [2.45, 2.75) is 18.0 Å². The molecule has 6 aromatic rings. The van der Waals surface area contributed by atoms with Crippen LogP contribution in [0.1, 0.15) is 22.3 Å². The summed E-state index contributed by atoms with van der Waals surface area (Å²) in [5, 5.41) is 14.8. The van der Waals surface area contributed by atoms with Crippen LogP contribution in [0.15, 0.2) is 132 Å². The first-order chi connectivity index (χ1) is 21.3. The van der Waals surface area contributed by atoms with Crippen molar-refractivity contribution < 1.29 is 9.90 Å². The number of hydrogen-bond donors (Lipinski definition) is 2. The average molecular weight is 623 g/mol. The molecule has 0 bridgehead atoms. The number of fused-ring (bicyclic) bond motifs is 1. The van der Waals surface area contributed by atoms with E-state index in [2.05, 4.69) is 5.32 Å². The van der Waals surface area contributed by atoms with Gasteiger partial charge in [0.25, 0.3) is 0 Å². The van der Waals surface area contributed by atoms with Gasteiger partial charge in [-0.1, -0.05) is 126 Å². The minimum absolute atomic E-state index is 0.204. The van der Waals surface area contributed by atoms with E-state index in [-0.39, 0.29) is 12.1 Å². The number of hydrogen-bond acceptors (Lipinski definition) is 3. The summed E-state index contributed by atoms with van der Waals surface area (Å²) in [7, 11) is 1.68. The molecule has 0 aliphatic heterocycles. The highest BCUT2D eigenvalue weighted by Crippen LogP contribution is 2.37. The van der Waals surface area contributed by atoms with Gasteiger partial charge in [-0.2, -0.15) is 0 Å². The number of aryl methyl sites for hydroxylation is 1. The number of benzene rings is 5. The lowest BCUT2D eigenvalue weighted by Gasteiger charge is -2.39. The number of carboxylic acids is 1. The minimum atomic E-state index is -0.974. The Bertz CT molecular complexity index is 1890. The molecule has 0 amide bonds. The smallest absolute Gasteiger partial charge is 0.333 e. The van der Waals surface area contributed by atoms with E-state index < -0.39 is 17.6 Å². The molecule has 0 aliphatic carbocycles. The molecule has 1 heterocycles. The summed E-state index contributed by atoms with van der Waals surface area (Å²) in [6.07, 6.45) is 0.204. The first-order valence-electron chi connectivity index (χ1n) is 14.1. The van der Waals surface area contributed by atoms with Gasteiger partial charge in [0.2, 0.25) is 0 Å². The zero-order valence-electron chi connectivity index (χ0n) is 23.8. The van der Waals surface area contributed by atoms with Gasteiger partial charge in [0.1, 0.15) is 6.04 Å². The number of aromatic nitrogens is 2. The predicted octanol–water partition coefficient (Wildman–Crippen LogP) is 7.21. The summed E-state index contributed by atoms with van der Waals surface area (Å²) in [6.45, 7) is 0. The molecule has 1 atom stereocenters. The molecule has 6 rings (SSSR count). The van der Waals surface area contributed by atoms with E-state index in [0.717, 1.165) is 22.3 Å². The number of nitrogens with zero attached hydrogens (tertiary/aromatic N) is 2. The second-order valence-electron chi connectivity index (χ2n) is 10.7. The van der Waals surface area contributed by atoms with Gasteiger partial charge in [0.05, 0.1) is 32.3 Å². The van der Waals surface area contributed by atoms with Crippen LogP contribution in [0.25, 0.3) is 16.7 Å². The van der Waals surface area contributed by atoms with Gasteiger partial charge in [-0.3, -0.25) is 19.2 Å². The normalized spacial score (nSPS) is 12.3. The number of rotatable bonds is 9. The van der Waals surface area contributed by atoms with Crippen LogP contribution in [-0.4, -0.2) is 26.3 Å². The summed E-state index contributed by atoms with van der Waals surface area (Å²) in [4.78, 5) is 26.1. The van der Waals surface area contributed by atoms with Crippen LogP contribution in [0, 0.1) is 0 Å². The van der Waals surface area contributed by atoms with Gasteiger partial charge in [-0.15, -0.1) is 0 Å². The molecule has 5 aromatic carbocycles. The predicted molar refractivity (Wildman–Crippen MR) is 176 cm³/mol. The Hall–Kier alpha value is -4.62. The zero-order valence-corrected chi connectivity index (χ0v) is 25.3. The zero-order chi connectivity index (χ0) is 30.8. The van der Waals surface area contributed by atoms with E-state index >= 15 is 0 Å². The monoisotopic (exact) mass is 621 g/mol. The lowest BCUT2D eigenvalue weighted by atomic mass is 9.76. The molecular weight excluding hydrogens is 593 g/mol. The lowest BCUT2D eigenvalue weighted by Crippen LogP contribution is -2.53. The number of aliphatic carboxylic acids is 1. The van der Waals surface area contributed by atoms with E-state index in [1.807, 2.05) is 115 Å². The van der Waals surface area contributed by atoms with E-state index in [4.69, 9.17) is 23.2 Å². The van der Waals surface area contributed by atoms with Crippen molar-refractivity contribution in [3.05, 3.63) is 170 Å². The van der Waals surface area contributed by atoms with Gasteiger partial charge in [0, 0.05) is 7.05 Å². The molecule has 0 saturated carbocycles. The third-order valence-electron chi connectivity index (χ3n) is 8.04. The molecule has 44 heavy (non-hydrogen) atoms. The maximum absolute atomic E-state index is 13.2. The Morgan fingerprint density at radius 3 is 1.66 bits per heavy atom. The molecule has 6 nitrogen and oxygen atoms in total. The third kappa shape index (κ3) is 5.33. The molecule has 1 unspecified atom stereocenters. The van der Waals surface area contributed by atoms with Crippen molar-refractivity contribution in [2.24, 2.45) is 7.05 Å². The fourth-order valence-electron chi connectivity index (χ4n) is 5.87. The van der Waals surface area contributed by atoms with Gasteiger partial charge >= 0.3 is 11.7 Å². The van der Waals surface area contributed by atoms with Gasteiger partial charge in [-0.25, -0.2) is 4.79 Å². The Kier molecular flexibility index (Phi) is 8.15. The summed E-state index contributed by atoms with van der Waals surface area (Å²) in [6, 6.07) is 39.4. The second-order valence-corrected chi connectivity index (χ2v) is 11.5. The first kappa shape index (κ1) is 29.5. The highest BCUT2D eigenvalue weighted by Gasteiger charge is 2.39. The molecule has 2 N–H and O–H groups in total. The highest BCUT2D eigenvalue weighted by atomic mass is 35.5. The number of halogens is 2. The molecular formula is C36H29Cl2N3O3. The van der Waals surface area contributed by atoms with E-state index in [1.165, 1.54) is 4.57 Å². The number of carbonyl (C=O) groups is 1. The van der Waals surface area contributed by atoms with Crippen molar-refractivity contribution >= 4 is 40.2 Å². The maximum Gasteiger partial charge on any atom is 0.333 e. The first-order valence-corrected chi connectivity index (χ1v) is 14.9. The Labute approximate surface area is 264 Å². The van der Waals surface area contributed by atoms with Crippen LogP contribution >= 0.6 is 23.2 Å². The lowest BCUT2D eigenvalue weighted by molar-refractivity contribution is -0.139. The Morgan fingerprint density at radius 2 is 1.20 bits per heavy atom. The fourth-order valence-corrected chi connectivity index (χ4v) is 6.19. The third-order valence-corrected chi connectivity index (χ3v) is 8.76. The van der Waals surface area contributed by atoms with Crippen molar-refractivity contribution in [3.8, 4) is 5.69 Å². The van der Waals surface area contributed by atoms with E-state index in [9.17, 15) is 14.7 Å². The SMILES string of the molecule is Cn1c(=O)n(-c2ccc(CC(NC(c3ccccc3)(c3ccccc3)c3ccccc3)C(=O)O)cc2)c2cc(Cl)c(Cl)cc21. The van der Waals surface area contributed by atoms with Gasteiger partial charge in [-0.05, 0) is 52.9 Å². The van der Waals surface area contributed by atoms with Crippen LogP contribution in [0.3, 0.4) is 0 Å². The van der Waals surface area contributed by atoms with E-state index in [1.54, 1.807) is 23.7 Å². The number of nitrogens with one attached hydrogen (secondary N) is 1. The van der Waals surface area contributed by atoms with Gasteiger partial charge in [0.15, 0.2) is 0 Å². The van der Waals surface area contributed by atoms with Crippen LogP contribution in [-0.2, 0) is 23.8 Å². The summed E-state index contributed by atoms with van der Waals surface area (Å²) < 4.78 is 3.09. The van der Waals surface area contributed by atoms with Gasteiger partial charge < -0.3 is 5.11 Å². The number of imidazole rings is 1. The molecule has 8 heteroatoms. The van der Waals surface area contributed by atoms with Crippen LogP contribution < -0.4 is 11.0 Å². The molecule has 0 aliphatic rings. The molecule has 0 spiro atoms. The molecule has 0 fully saturated rings. The average Bonchev–Trinajstić information content (AvgIpc) is 3.29. The van der Waals surface area contributed by atoms with Crippen LogP contribution in [0.4, 0.5) is 0 Å². The summed E-state index contributed by atoms with van der Waals surface area (Å²) >= 11 is 12.5. The van der Waals surface area contributed by atoms with E-state index in [0.29, 0.717) is 26.8 Å². The summed E-state index contributed by atoms with van der Waals surface area (Å²) in [5.74, 6) is -0.974. The molecule has 220 valence electrons.